The first kappa shape index (κ1) is 12.7. The van der Waals surface area contributed by atoms with E-state index in [0.29, 0.717) is 4.31 Å². The van der Waals surface area contributed by atoms with Crippen LogP contribution in [0, 0.1) is 5.92 Å². The van der Waals surface area contributed by atoms with Gasteiger partial charge in [-0.2, -0.15) is 17.5 Å². The molecule has 1 N–H and O–H groups in total. The van der Waals surface area contributed by atoms with Gasteiger partial charge in [-0.25, -0.2) is 8.42 Å². The van der Waals surface area contributed by atoms with Crippen molar-refractivity contribution in [2.24, 2.45) is 5.92 Å². The Labute approximate surface area is 85.7 Å². The largest absolute Gasteiger partial charge is 0.511 e. The fraction of sp³-hybridized carbons (Fsp3) is 1.00. The summed E-state index contributed by atoms with van der Waals surface area (Å²) in [5.74, 6) is -0.0929. The molecule has 0 aromatic heterocycles. The Morgan fingerprint density at radius 2 is 1.73 bits per heavy atom. The Morgan fingerprint density at radius 1 is 1.27 bits per heavy atom. The van der Waals surface area contributed by atoms with Crippen LogP contribution in [0.2, 0.25) is 0 Å². The molecule has 0 aromatic rings. The molecule has 1 saturated heterocycles. The number of nitrogens with zero attached hydrogens (tertiary/aromatic N) is 1. The Morgan fingerprint density at radius 3 is 2.07 bits per heavy atom. The molecule has 1 aliphatic heterocycles. The minimum Gasteiger partial charge on any atom is -0.396 e. The average Bonchev–Trinajstić information content (AvgIpc) is 2.16. The lowest BCUT2D eigenvalue weighted by molar-refractivity contribution is -0.0498. The third-order valence-corrected chi connectivity index (χ3v) is 4.09. The van der Waals surface area contributed by atoms with Gasteiger partial charge in [-0.1, -0.05) is 0 Å². The topological polar surface area (TPSA) is 57.6 Å². The number of aliphatic hydroxyl groups excluding tert-OH is 1. The van der Waals surface area contributed by atoms with E-state index in [4.69, 9.17) is 5.11 Å². The van der Waals surface area contributed by atoms with Gasteiger partial charge in [0.1, 0.15) is 0 Å². The Hall–Kier alpha value is -0.340. The molecule has 1 fully saturated rings. The first-order chi connectivity index (χ1) is 6.79. The number of sulfonamides is 1. The molecule has 0 saturated carbocycles. The molecule has 0 spiro atoms. The highest BCUT2D eigenvalue weighted by Gasteiger charge is 2.50. The minimum atomic E-state index is -5.22. The summed E-state index contributed by atoms with van der Waals surface area (Å²) in [4.78, 5) is 0. The van der Waals surface area contributed by atoms with Crippen LogP contribution < -0.4 is 0 Å². The SMILES string of the molecule is O=S(=O)(N1CCC(CO)CC1)C(F)(F)F. The van der Waals surface area contributed by atoms with E-state index in [2.05, 4.69) is 0 Å². The van der Waals surface area contributed by atoms with Crippen molar-refractivity contribution in [3.8, 4) is 0 Å². The van der Waals surface area contributed by atoms with Gasteiger partial charge in [0.2, 0.25) is 0 Å². The number of aliphatic hydroxyl groups is 1. The lowest BCUT2D eigenvalue weighted by Crippen LogP contribution is -2.45. The fourth-order valence-electron chi connectivity index (χ4n) is 1.48. The van der Waals surface area contributed by atoms with Gasteiger partial charge in [-0.15, -0.1) is 0 Å². The van der Waals surface area contributed by atoms with Crippen molar-refractivity contribution < 1.29 is 26.7 Å². The minimum absolute atomic E-state index is 0.0929. The molecular formula is C7H12F3NO3S. The first-order valence-electron chi connectivity index (χ1n) is 4.46. The van der Waals surface area contributed by atoms with Crippen molar-refractivity contribution in [3.05, 3.63) is 0 Å². The van der Waals surface area contributed by atoms with Gasteiger partial charge in [0.15, 0.2) is 0 Å². The third kappa shape index (κ3) is 2.61. The van der Waals surface area contributed by atoms with Gasteiger partial charge in [-0.3, -0.25) is 0 Å². The molecule has 0 radical (unpaired) electrons. The zero-order valence-electron chi connectivity index (χ0n) is 7.87. The molecule has 8 heteroatoms. The normalized spacial score (nSPS) is 21.9. The van der Waals surface area contributed by atoms with E-state index in [1.165, 1.54) is 0 Å². The van der Waals surface area contributed by atoms with E-state index in [0.717, 1.165) is 0 Å². The van der Waals surface area contributed by atoms with Crippen LogP contribution in [-0.2, 0) is 10.0 Å². The predicted octanol–water partition coefficient (Wildman–Crippen LogP) is 0.540. The van der Waals surface area contributed by atoms with Crippen molar-refractivity contribution in [1.29, 1.82) is 0 Å². The number of halogens is 3. The number of alkyl halides is 3. The van der Waals surface area contributed by atoms with E-state index in [1.807, 2.05) is 0 Å². The Bertz CT molecular complexity index is 306. The first-order valence-corrected chi connectivity index (χ1v) is 5.90. The number of rotatable bonds is 2. The summed E-state index contributed by atoms with van der Waals surface area (Å²) in [6.07, 6.45) is 0.539. The predicted molar refractivity (Wildman–Crippen MR) is 46.4 cm³/mol. The summed E-state index contributed by atoms with van der Waals surface area (Å²) in [6, 6.07) is 0. The van der Waals surface area contributed by atoms with Gasteiger partial charge >= 0.3 is 15.5 Å². The number of piperidine rings is 1. The van der Waals surface area contributed by atoms with Gasteiger partial charge < -0.3 is 5.11 Å². The van der Waals surface area contributed by atoms with Crippen LogP contribution in [0.3, 0.4) is 0 Å². The van der Waals surface area contributed by atoms with Crippen LogP contribution in [0.4, 0.5) is 13.2 Å². The van der Waals surface area contributed by atoms with Crippen molar-refractivity contribution in [1.82, 2.24) is 4.31 Å². The molecule has 90 valence electrons. The van der Waals surface area contributed by atoms with Crippen LogP contribution in [-0.4, -0.2) is 43.0 Å². The van der Waals surface area contributed by atoms with Crippen LogP contribution in [0.1, 0.15) is 12.8 Å². The summed E-state index contributed by atoms with van der Waals surface area (Å²) in [5.41, 5.74) is -5.22. The van der Waals surface area contributed by atoms with Crippen molar-refractivity contribution in [2.75, 3.05) is 19.7 Å². The molecule has 1 heterocycles. The van der Waals surface area contributed by atoms with E-state index in [1.54, 1.807) is 0 Å². The molecular weight excluding hydrogens is 235 g/mol. The smallest absolute Gasteiger partial charge is 0.396 e. The molecule has 1 aliphatic rings. The second kappa shape index (κ2) is 4.26. The molecule has 0 bridgehead atoms. The molecule has 0 unspecified atom stereocenters. The summed E-state index contributed by atoms with van der Waals surface area (Å²) in [5, 5.41) is 8.75. The zero-order chi connectivity index (χ0) is 11.7. The van der Waals surface area contributed by atoms with Crippen molar-refractivity contribution in [3.63, 3.8) is 0 Å². The second-order valence-electron chi connectivity index (χ2n) is 3.48. The summed E-state index contributed by atoms with van der Waals surface area (Å²) in [7, 11) is -5.18. The van der Waals surface area contributed by atoms with Gasteiger partial charge in [-0.05, 0) is 18.8 Å². The molecule has 1 rings (SSSR count). The highest BCUT2D eigenvalue weighted by atomic mass is 32.2. The maximum atomic E-state index is 12.1. The Balaban J connectivity index is 2.69. The summed E-state index contributed by atoms with van der Waals surface area (Å²) < 4.78 is 58.7. The molecule has 0 aliphatic carbocycles. The fourth-order valence-corrected chi connectivity index (χ4v) is 2.46. The highest BCUT2D eigenvalue weighted by molar-refractivity contribution is 7.90. The van der Waals surface area contributed by atoms with Crippen LogP contribution in [0.15, 0.2) is 0 Å². The molecule has 0 amide bonds. The van der Waals surface area contributed by atoms with E-state index < -0.39 is 15.5 Å². The van der Waals surface area contributed by atoms with Gasteiger partial charge in [0.05, 0.1) is 0 Å². The lowest BCUT2D eigenvalue weighted by Gasteiger charge is -2.30. The van der Waals surface area contributed by atoms with Crippen LogP contribution in [0.5, 0.6) is 0 Å². The summed E-state index contributed by atoms with van der Waals surface area (Å²) in [6.45, 7) is -0.458. The molecule has 4 nitrogen and oxygen atoms in total. The van der Waals surface area contributed by atoms with E-state index >= 15 is 0 Å². The van der Waals surface area contributed by atoms with Crippen molar-refractivity contribution in [2.45, 2.75) is 18.3 Å². The quantitative estimate of drug-likeness (QED) is 0.774. The Kier molecular flexibility index (Phi) is 3.62. The van der Waals surface area contributed by atoms with Crippen molar-refractivity contribution >= 4 is 10.0 Å². The van der Waals surface area contributed by atoms with Crippen LogP contribution in [0.25, 0.3) is 0 Å². The maximum Gasteiger partial charge on any atom is 0.511 e. The molecule has 0 aromatic carbocycles. The van der Waals surface area contributed by atoms with Crippen LogP contribution >= 0.6 is 0 Å². The number of hydrogen-bond donors (Lipinski definition) is 1. The lowest BCUT2D eigenvalue weighted by atomic mass is 10.00. The zero-order valence-corrected chi connectivity index (χ0v) is 8.68. The second-order valence-corrected chi connectivity index (χ2v) is 5.41. The monoisotopic (exact) mass is 247 g/mol. The van der Waals surface area contributed by atoms with E-state index in [9.17, 15) is 21.6 Å². The number of hydrogen-bond acceptors (Lipinski definition) is 3. The van der Waals surface area contributed by atoms with E-state index in [-0.39, 0.29) is 38.5 Å². The third-order valence-electron chi connectivity index (χ3n) is 2.46. The van der Waals surface area contributed by atoms with Gasteiger partial charge in [0.25, 0.3) is 0 Å². The van der Waals surface area contributed by atoms with Gasteiger partial charge in [0, 0.05) is 19.7 Å². The standard InChI is InChI=1S/C7H12F3NO3S/c8-7(9,10)15(13,14)11-3-1-6(5-12)2-4-11/h6,12H,1-5H2. The summed E-state index contributed by atoms with van der Waals surface area (Å²) >= 11 is 0. The highest BCUT2D eigenvalue weighted by Crippen LogP contribution is 2.29. The molecule has 0 atom stereocenters. The maximum absolute atomic E-state index is 12.1. The average molecular weight is 247 g/mol. The molecule has 15 heavy (non-hydrogen) atoms.